The van der Waals surface area contributed by atoms with E-state index in [2.05, 4.69) is 103 Å². The first-order chi connectivity index (χ1) is 17.8. The summed E-state index contributed by atoms with van der Waals surface area (Å²) in [5, 5.41) is 2.41. The number of halogens is 1. The van der Waals surface area contributed by atoms with E-state index in [9.17, 15) is 4.79 Å². The lowest BCUT2D eigenvalue weighted by molar-refractivity contribution is 0.112. The number of benzene rings is 3. The number of carbonyl (C=O) groups excluding carboxylic acids is 1. The van der Waals surface area contributed by atoms with Gasteiger partial charge in [-0.3, -0.25) is 4.79 Å². The third kappa shape index (κ3) is 5.61. The van der Waals surface area contributed by atoms with Gasteiger partial charge in [0.05, 0.1) is 18.2 Å². The highest BCUT2D eigenvalue weighted by molar-refractivity contribution is 9.10. The molecule has 3 aromatic rings. The third-order valence-corrected chi connectivity index (χ3v) is 12.9. The zero-order valence-corrected chi connectivity index (χ0v) is 24.6. The van der Waals surface area contributed by atoms with Crippen LogP contribution in [0.5, 0.6) is 11.5 Å². The van der Waals surface area contributed by atoms with E-state index in [1.54, 1.807) is 19.2 Å². The van der Waals surface area contributed by atoms with E-state index in [0.29, 0.717) is 28.1 Å². The summed E-state index contributed by atoms with van der Waals surface area (Å²) in [6.45, 7) is 7.34. The lowest BCUT2D eigenvalue weighted by Crippen LogP contribution is -2.66. The maximum absolute atomic E-state index is 11.6. The van der Waals surface area contributed by atoms with Crippen molar-refractivity contribution >= 4 is 40.9 Å². The van der Waals surface area contributed by atoms with Gasteiger partial charge in [-0.05, 0) is 68.3 Å². The van der Waals surface area contributed by atoms with Gasteiger partial charge in [0.25, 0.3) is 8.32 Å². The summed E-state index contributed by atoms with van der Waals surface area (Å²) in [5.74, 6) is 1.14. The minimum absolute atomic E-state index is 0.105. The summed E-state index contributed by atoms with van der Waals surface area (Å²) in [6.07, 6.45) is 5.80. The van der Waals surface area contributed by atoms with Crippen molar-refractivity contribution in [1.29, 1.82) is 0 Å². The highest BCUT2D eigenvalue weighted by Gasteiger charge is 2.50. The number of hydrogen-bond donors (Lipinski definition) is 0. The molecule has 0 fully saturated rings. The van der Waals surface area contributed by atoms with Crippen LogP contribution in [0, 0.1) is 0 Å². The Labute approximate surface area is 229 Å². The van der Waals surface area contributed by atoms with Crippen LogP contribution in [0.15, 0.2) is 88.9 Å². The topological polar surface area (TPSA) is 44.8 Å². The molecule has 0 bridgehead atoms. The molecule has 0 spiro atoms. The molecule has 0 saturated heterocycles. The van der Waals surface area contributed by atoms with Crippen LogP contribution in [-0.2, 0) is 4.43 Å². The van der Waals surface area contributed by atoms with Gasteiger partial charge in [-0.2, -0.15) is 0 Å². The second-order valence-electron chi connectivity index (χ2n) is 10.4. The molecule has 0 radical (unpaired) electrons. The van der Waals surface area contributed by atoms with Gasteiger partial charge in [-0.1, -0.05) is 87.5 Å². The normalized spacial score (nSPS) is 16.1. The molecule has 6 heteroatoms. The van der Waals surface area contributed by atoms with Crippen LogP contribution in [0.3, 0.4) is 0 Å². The molecular formula is C31H35BrO4Si. The van der Waals surface area contributed by atoms with E-state index < -0.39 is 8.32 Å². The number of allylic oxidation sites excluding steroid dienone is 1. The van der Waals surface area contributed by atoms with Crippen molar-refractivity contribution in [2.75, 3.05) is 13.7 Å². The molecule has 1 atom stereocenters. The van der Waals surface area contributed by atoms with Crippen LogP contribution in [0.2, 0.25) is 5.04 Å². The Bertz CT molecular complexity index is 1200. The molecule has 0 saturated carbocycles. The molecule has 0 N–H and O–H groups in total. The lowest BCUT2D eigenvalue weighted by Gasteiger charge is -2.43. The molecular weight excluding hydrogens is 544 g/mol. The standard InChI is InChI=1S/C31H35BrO4Si/c1-31(2,3)37(25-14-7-5-8-15-25,26-16-9-6-10-17-26)35-22-24-13-11-12-18-27(24)36-30-28(34-4)20-19-23(21-33)29(30)32/h5-10,13-17,19-21,27H,11-12,18,22H2,1-4H3/t27-/m0/s1. The maximum atomic E-state index is 11.6. The first-order valence-corrected chi connectivity index (χ1v) is 15.4. The van der Waals surface area contributed by atoms with Crippen molar-refractivity contribution in [2.45, 2.75) is 51.2 Å². The predicted molar refractivity (Wildman–Crippen MR) is 156 cm³/mol. The van der Waals surface area contributed by atoms with Gasteiger partial charge >= 0.3 is 0 Å². The van der Waals surface area contributed by atoms with E-state index >= 15 is 0 Å². The molecule has 3 aromatic carbocycles. The van der Waals surface area contributed by atoms with Gasteiger partial charge in [0.2, 0.25) is 0 Å². The monoisotopic (exact) mass is 578 g/mol. The SMILES string of the molecule is COc1ccc(C=O)c(Br)c1O[C@H]1CCCC=C1CO[Si](c1ccccc1)(c1ccccc1)C(C)(C)C. The lowest BCUT2D eigenvalue weighted by atomic mass is 9.97. The number of aldehydes is 1. The molecule has 0 heterocycles. The predicted octanol–water partition coefficient (Wildman–Crippen LogP) is 6.70. The summed E-state index contributed by atoms with van der Waals surface area (Å²) in [7, 11) is -1.06. The van der Waals surface area contributed by atoms with Crippen LogP contribution in [0.25, 0.3) is 0 Å². The first-order valence-electron chi connectivity index (χ1n) is 12.7. The Morgan fingerprint density at radius 1 is 0.973 bits per heavy atom. The minimum atomic E-state index is -2.68. The third-order valence-electron chi connectivity index (χ3n) is 7.06. The second kappa shape index (κ2) is 11.8. The highest BCUT2D eigenvalue weighted by Crippen LogP contribution is 2.41. The van der Waals surface area contributed by atoms with E-state index in [1.807, 2.05) is 0 Å². The molecule has 0 amide bonds. The van der Waals surface area contributed by atoms with Crippen molar-refractivity contribution in [3.63, 3.8) is 0 Å². The minimum Gasteiger partial charge on any atom is -0.493 e. The van der Waals surface area contributed by atoms with E-state index in [-0.39, 0.29) is 11.1 Å². The number of methoxy groups -OCH3 is 1. The smallest absolute Gasteiger partial charge is 0.261 e. The maximum Gasteiger partial charge on any atom is 0.261 e. The Morgan fingerprint density at radius 3 is 2.14 bits per heavy atom. The van der Waals surface area contributed by atoms with Crippen LogP contribution in [0.4, 0.5) is 0 Å². The van der Waals surface area contributed by atoms with Crippen molar-refractivity contribution in [2.24, 2.45) is 0 Å². The summed E-state index contributed by atoms with van der Waals surface area (Å²) in [5.41, 5.74) is 1.66. The van der Waals surface area contributed by atoms with Gasteiger partial charge in [-0.15, -0.1) is 0 Å². The van der Waals surface area contributed by atoms with E-state index in [4.69, 9.17) is 13.9 Å². The molecule has 0 aliphatic heterocycles. The van der Waals surface area contributed by atoms with Crippen LogP contribution < -0.4 is 19.8 Å². The van der Waals surface area contributed by atoms with Gasteiger partial charge in [0.1, 0.15) is 6.10 Å². The van der Waals surface area contributed by atoms with Crippen molar-refractivity contribution in [3.8, 4) is 11.5 Å². The summed E-state index contributed by atoms with van der Waals surface area (Å²) >= 11 is 3.56. The Morgan fingerprint density at radius 2 is 1.59 bits per heavy atom. The van der Waals surface area contributed by atoms with Crippen LogP contribution in [-0.4, -0.2) is 34.4 Å². The zero-order valence-electron chi connectivity index (χ0n) is 22.0. The van der Waals surface area contributed by atoms with Gasteiger partial charge in [0, 0.05) is 5.56 Å². The number of ether oxygens (including phenoxy) is 2. The highest BCUT2D eigenvalue weighted by atomic mass is 79.9. The Balaban J connectivity index is 1.70. The molecule has 1 aliphatic rings. The van der Waals surface area contributed by atoms with Gasteiger partial charge in [-0.25, -0.2) is 0 Å². The van der Waals surface area contributed by atoms with E-state index in [0.717, 1.165) is 31.1 Å². The Hall–Kier alpha value is -2.67. The largest absolute Gasteiger partial charge is 0.493 e. The summed E-state index contributed by atoms with van der Waals surface area (Å²) in [4.78, 5) is 11.6. The quantitative estimate of drug-likeness (QED) is 0.161. The number of carbonyl (C=O) groups is 1. The Kier molecular flexibility index (Phi) is 8.73. The first kappa shape index (κ1) is 27.4. The molecule has 37 heavy (non-hydrogen) atoms. The van der Waals surface area contributed by atoms with E-state index in [1.165, 1.54) is 10.4 Å². The molecule has 4 rings (SSSR count). The summed E-state index contributed by atoms with van der Waals surface area (Å²) < 4.78 is 19.9. The molecule has 194 valence electrons. The average Bonchev–Trinajstić information content (AvgIpc) is 2.91. The molecule has 0 unspecified atom stereocenters. The van der Waals surface area contributed by atoms with Crippen LogP contribution in [0.1, 0.15) is 50.4 Å². The molecule has 0 aromatic heterocycles. The van der Waals surface area contributed by atoms with Gasteiger partial charge < -0.3 is 13.9 Å². The van der Waals surface area contributed by atoms with Crippen LogP contribution >= 0.6 is 15.9 Å². The van der Waals surface area contributed by atoms with Gasteiger partial charge in [0.15, 0.2) is 17.8 Å². The second-order valence-corrected chi connectivity index (χ2v) is 15.5. The molecule has 4 nitrogen and oxygen atoms in total. The molecule has 1 aliphatic carbocycles. The van der Waals surface area contributed by atoms with Crippen molar-refractivity contribution in [3.05, 3.63) is 94.5 Å². The fraction of sp³-hybridized carbons (Fsp3) is 0.323. The van der Waals surface area contributed by atoms with Crippen molar-refractivity contribution < 1.29 is 18.7 Å². The van der Waals surface area contributed by atoms with Crippen molar-refractivity contribution in [1.82, 2.24) is 0 Å². The summed E-state index contributed by atoms with van der Waals surface area (Å²) in [6, 6.07) is 24.9. The average molecular weight is 580 g/mol. The fourth-order valence-corrected chi connectivity index (χ4v) is 10.3. The number of rotatable bonds is 9. The number of hydrogen-bond acceptors (Lipinski definition) is 4. The zero-order chi connectivity index (χ0) is 26.5. The fourth-order valence-electron chi connectivity index (χ4n) is 5.20.